The second-order valence-electron chi connectivity index (χ2n) is 6.77. The van der Waals surface area contributed by atoms with E-state index in [1.165, 1.54) is 19.3 Å². The fourth-order valence-electron chi connectivity index (χ4n) is 3.26. The number of halogens is 3. The second-order valence-corrected chi connectivity index (χ2v) is 7.58. The molecule has 1 aliphatic rings. The zero-order valence-corrected chi connectivity index (χ0v) is 20.1. The summed E-state index contributed by atoms with van der Waals surface area (Å²) in [5.74, 6) is 2.85. The molecule has 9 heteroatoms. The molecular formula is C19H27Cl2IN6. The molecule has 0 spiro atoms. The van der Waals surface area contributed by atoms with Crippen LogP contribution in [-0.4, -0.2) is 39.2 Å². The highest BCUT2D eigenvalue weighted by Crippen LogP contribution is 2.23. The van der Waals surface area contributed by atoms with Crippen LogP contribution in [0.1, 0.15) is 43.4 Å². The molecule has 0 amide bonds. The third kappa shape index (κ3) is 5.97. The lowest BCUT2D eigenvalue weighted by Crippen LogP contribution is -2.38. The van der Waals surface area contributed by atoms with E-state index in [9.17, 15) is 0 Å². The van der Waals surface area contributed by atoms with Gasteiger partial charge in [0.15, 0.2) is 11.8 Å². The Morgan fingerprint density at radius 2 is 2.04 bits per heavy atom. The minimum absolute atomic E-state index is 0. The normalized spacial score (nSPS) is 14.1. The second kappa shape index (κ2) is 11.2. The summed E-state index contributed by atoms with van der Waals surface area (Å²) in [6.45, 7) is 5.04. The predicted octanol–water partition coefficient (Wildman–Crippen LogP) is 4.53. The predicted molar refractivity (Wildman–Crippen MR) is 126 cm³/mol. The van der Waals surface area contributed by atoms with Gasteiger partial charge in [0.05, 0.1) is 10.0 Å². The van der Waals surface area contributed by atoms with Gasteiger partial charge in [-0.05, 0) is 37.5 Å². The molecule has 0 fully saturated rings. The standard InChI is InChI=1S/C19H26Cl2N6.HI/c1-3-22-19(26(2)13-14-8-9-15(20)16(21)11-14)23-12-18-25-24-17-7-5-4-6-10-27(17)18;/h8-9,11H,3-7,10,12-13H2,1-2H3,(H,22,23);1H. The Labute approximate surface area is 193 Å². The maximum absolute atomic E-state index is 6.13. The summed E-state index contributed by atoms with van der Waals surface area (Å²) in [6.07, 6.45) is 4.63. The van der Waals surface area contributed by atoms with Crippen molar-refractivity contribution >= 4 is 53.1 Å². The molecule has 3 rings (SSSR count). The number of fused-ring (bicyclic) bond motifs is 1. The number of aliphatic imine (C=N–C) groups is 1. The van der Waals surface area contributed by atoms with Gasteiger partial charge in [-0.2, -0.15) is 0 Å². The van der Waals surface area contributed by atoms with E-state index < -0.39 is 0 Å². The van der Waals surface area contributed by atoms with E-state index >= 15 is 0 Å². The molecule has 0 saturated carbocycles. The van der Waals surface area contributed by atoms with E-state index in [0.717, 1.165) is 42.7 Å². The maximum Gasteiger partial charge on any atom is 0.194 e. The smallest absolute Gasteiger partial charge is 0.194 e. The largest absolute Gasteiger partial charge is 0.357 e. The summed E-state index contributed by atoms with van der Waals surface area (Å²) in [4.78, 5) is 6.85. The van der Waals surface area contributed by atoms with Crippen LogP contribution < -0.4 is 5.32 Å². The van der Waals surface area contributed by atoms with Crippen LogP contribution in [0.3, 0.4) is 0 Å². The first-order chi connectivity index (χ1) is 13.1. The Morgan fingerprint density at radius 1 is 1.21 bits per heavy atom. The summed E-state index contributed by atoms with van der Waals surface area (Å²) in [6, 6.07) is 5.69. The Kier molecular flexibility index (Phi) is 9.30. The number of hydrogen-bond donors (Lipinski definition) is 1. The van der Waals surface area contributed by atoms with Crippen LogP contribution >= 0.6 is 47.2 Å². The van der Waals surface area contributed by atoms with E-state index in [2.05, 4.69) is 31.9 Å². The summed E-state index contributed by atoms with van der Waals surface area (Å²) < 4.78 is 2.24. The highest BCUT2D eigenvalue weighted by molar-refractivity contribution is 14.0. The van der Waals surface area contributed by atoms with Crippen LogP contribution in [0.4, 0.5) is 0 Å². The molecular weight excluding hydrogens is 510 g/mol. The van der Waals surface area contributed by atoms with Crippen molar-refractivity contribution in [2.75, 3.05) is 13.6 Å². The fraction of sp³-hybridized carbons (Fsp3) is 0.526. The molecule has 1 aromatic heterocycles. The fourth-order valence-corrected chi connectivity index (χ4v) is 3.58. The molecule has 2 heterocycles. The number of aromatic nitrogens is 3. The molecule has 0 bridgehead atoms. The van der Waals surface area contributed by atoms with Crippen LogP contribution in [0, 0.1) is 0 Å². The van der Waals surface area contributed by atoms with Crippen LogP contribution in [-0.2, 0) is 26.1 Å². The zero-order valence-electron chi connectivity index (χ0n) is 16.3. The molecule has 0 saturated heterocycles. The van der Waals surface area contributed by atoms with Gasteiger partial charge in [0.2, 0.25) is 0 Å². The lowest BCUT2D eigenvalue weighted by molar-refractivity contribution is 0.475. The molecule has 0 unspecified atom stereocenters. The highest BCUT2D eigenvalue weighted by Gasteiger charge is 2.15. The topological polar surface area (TPSA) is 58.3 Å². The lowest BCUT2D eigenvalue weighted by atomic mass is 10.2. The Hall–Kier alpha value is -1.06. The van der Waals surface area contributed by atoms with E-state index in [0.29, 0.717) is 23.1 Å². The van der Waals surface area contributed by atoms with Crippen molar-refractivity contribution in [3.63, 3.8) is 0 Å². The average Bonchev–Trinajstić information content (AvgIpc) is 2.88. The highest BCUT2D eigenvalue weighted by atomic mass is 127. The lowest BCUT2D eigenvalue weighted by Gasteiger charge is -2.22. The van der Waals surface area contributed by atoms with Crippen LogP contribution in [0.5, 0.6) is 0 Å². The molecule has 1 N–H and O–H groups in total. The molecule has 1 aromatic carbocycles. The number of hydrogen-bond acceptors (Lipinski definition) is 3. The molecule has 2 aromatic rings. The van der Waals surface area contributed by atoms with Crippen molar-refractivity contribution in [3.8, 4) is 0 Å². The van der Waals surface area contributed by atoms with Gasteiger partial charge in [0, 0.05) is 33.1 Å². The molecule has 1 aliphatic heterocycles. The zero-order chi connectivity index (χ0) is 19.2. The summed E-state index contributed by atoms with van der Waals surface area (Å²) in [5, 5.41) is 13.2. The van der Waals surface area contributed by atoms with Gasteiger partial charge in [0.1, 0.15) is 12.4 Å². The van der Waals surface area contributed by atoms with Crippen LogP contribution in [0.25, 0.3) is 0 Å². The number of nitrogens with one attached hydrogen (secondary N) is 1. The molecule has 0 radical (unpaired) electrons. The van der Waals surface area contributed by atoms with Crippen molar-refractivity contribution in [3.05, 3.63) is 45.5 Å². The van der Waals surface area contributed by atoms with E-state index in [1.54, 1.807) is 0 Å². The Balaban J connectivity index is 0.00000280. The number of guanidine groups is 1. The Bertz CT molecular complexity index is 808. The van der Waals surface area contributed by atoms with Crippen molar-refractivity contribution in [2.45, 2.75) is 52.2 Å². The van der Waals surface area contributed by atoms with Gasteiger partial charge < -0.3 is 14.8 Å². The average molecular weight is 537 g/mol. The van der Waals surface area contributed by atoms with Crippen molar-refractivity contribution in [1.29, 1.82) is 0 Å². The molecule has 0 aliphatic carbocycles. The van der Waals surface area contributed by atoms with Crippen LogP contribution in [0.15, 0.2) is 23.2 Å². The minimum Gasteiger partial charge on any atom is -0.357 e. The van der Waals surface area contributed by atoms with E-state index in [-0.39, 0.29) is 24.0 Å². The number of rotatable bonds is 5. The van der Waals surface area contributed by atoms with Gasteiger partial charge in [-0.3, -0.25) is 0 Å². The molecule has 6 nitrogen and oxygen atoms in total. The molecule has 154 valence electrons. The number of benzene rings is 1. The first-order valence-corrected chi connectivity index (χ1v) is 10.2. The number of nitrogens with zero attached hydrogens (tertiary/aromatic N) is 5. The van der Waals surface area contributed by atoms with E-state index in [1.807, 2.05) is 25.2 Å². The first-order valence-electron chi connectivity index (χ1n) is 9.42. The summed E-state index contributed by atoms with van der Waals surface area (Å²) in [7, 11) is 2.01. The van der Waals surface area contributed by atoms with Crippen LogP contribution in [0.2, 0.25) is 10.0 Å². The van der Waals surface area contributed by atoms with Crippen molar-refractivity contribution in [2.24, 2.45) is 4.99 Å². The monoisotopic (exact) mass is 536 g/mol. The van der Waals surface area contributed by atoms with Gasteiger partial charge in [-0.15, -0.1) is 34.2 Å². The van der Waals surface area contributed by atoms with Gasteiger partial charge in [0.25, 0.3) is 0 Å². The third-order valence-corrected chi connectivity index (χ3v) is 5.40. The van der Waals surface area contributed by atoms with Gasteiger partial charge in [-0.1, -0.05) is 35.7 Å². The molecule has 0 atom stereocenters. The first kappa shape index (κ1) is 23.2. The maximum atomic E-state index is 6.13. The van der Waals surface area contributed by atoms with Crippen molar-refractivity contribution in [1.82, 2.24) is 25.0 Å². The third-order valence-electron chi connectivity index (χ3n) is 4.66. The van der Waals surface area contributed by atoms with Crippen molar-refractivity contribution < 1.29 is 0 Å². The van der Waals surface area contributed by atoms with Gasteiger partial charge >= 0.3 is 0 Å². The quantitative estimate of drug-likeness (QED) is 0.346. The van der Waals surface area contributed by atoms with Gasteiger partial charge in [-0.25, -0.2) is 4.99 Å². The summed E-state index contributed by atoms with van der Waals surface area (Å²) >= 11 is 12.1. The Morgan fingerprint density at radius 3 is 2.79 bits per heavy atom. The molecule has 28 heavy (non-hydrogen) atoms. The van der Waals surface area contributed by atoms with E-state index in [4.69, 9.17) is 28.2 Å². The number of aryl methyl sites for hydroxylation is 1. The minimum atomic E-state index is 0. The summed E-state index contributed by atoms with van der Waals surface area (Å²) in [5.41, 5.74) is 1.08. The SMILES string of the molecule is CCNC(=NCc1nnc2n1CCCCC2)N(C)Cc1ccc(Cl)c(Cl)c1.I.